The van der Waals surface area contributed by atoms with E-state index in [4.69, 9.17) is 16.3 Å². The van der Waals surface area contributed by atoms with Gasteiger partial charge in [-0.05, 0) is 39.2 Å². The molecule has 2 aromatic rings. The number of ether oxygens (including phenoxy) is 1. The maximum Gasteiger partial charge on any atom is 0.262 e. The van der Waals surface area contributed by atoms with Crippen LogP contribution >= 0.6 is 27.5 Å². The highest BCUT2D eigenvalue weighted by Gasteiger charge is 2.48. The number of nitrogens with one attached hydrogen (secondary N) is 1. The molecular formula is C18H16BrClN2O4. The van der Waals surface area contributed by atoms with Crippen LogP contribution < -0.4 is 10.2 Å². The van der Waals surface area contributed by atoms with Crippen LogP contribution in [0.15, 0.2) is 46.9 Å². The summed E-state index contributed by atoms with van der Waals surface area (Å²) in [7, 11) is 1.43. The van der Waals surface area contributed by atoms with Crippen LogP contribution in [0.2, 0.25) is 0 Å². The first kappa shape index (κ1) is 18.5. The van der Waals surface area contributed by atoms with Gasteiger partial charge in [0.1, 0.15) is 11.4 Å². The van der Waals surface area contributed by atoms with Crippen LogP contribution in [0.5, 0.6) is 11.5 Å². The Morgan fingerprint density at radius 3 is 2.69 bits per heavy atom. The Hall–Kier alpha value is -2.25. The number of hydrazine groups is 1. The number of halogens is 2. The second-order valence-corrected chi connectivity index (χ2v) is 7.13. The zero-order valence-corrected chi connectivity index (χ0v) is 16.1. The minimum absolute atomic E-state index is 0.0484. The van der Waals surface area contributed by atoms with E-state index in [9.17, 15) is 14.7 Å². The molecular weight excluding hydrogens is 424 g/mol. The van der Waals surface area contributed by atoms with E-state index in [1.54, 1.807) is 12.1 Å². The number of phenols is 1. The van der Waals surface area contributed by atoms with Crippen molar-refractivity contribution < 1.29 is 19.4 Å². The van der Waals surface area contributed by atoms with Gasteiger partial charge in [0, 0.05) is 0 Å². The van der Waals surface area contributed by atoms with Gasteiger partial charge in [0.15, 0.2) is 11.5 Å². The molecule has 0 radical (unpaired) electrons. The fourth-order valence-corrected chi connectivity index (χ4v) is 3.59. The first-order valence-corrected chi connectivity index (χ1v) is 9.02. The number of carbonyl (C=O) groups excluding carboxylic acids is 2. The maximum atomic E-state index is 12.3. The highest BCUT2D eigenvalue weighted by Crippen LogP contribution is 2.43. The van der Waals surface area contributed by atoms with Crippen LogP contribution in [0.4, 0.5) is 0 Å². The summed E-state index contributed by atoms with van der Waals surface area (Å²) in [6.07, 6.45) is 0.146. The number of hydrogen-bond donors (Lipinski definition) is 2. The third kappa shape index (κ3) is 3.50. The molecule has 2 atom stereocenters. The maximum absolute atomic E-state index is 12.3. The summed E-state index contributed by atoms with van der Waals surface area (Å²) in [5.41, 5.74) is 4.08. The second-order valence-electron chi connectivity index (χ2n) is 5.81. The van der Waals surface area contributed by atoms with Crippen molar-refractivity contribution in [2.45, 2.75) is 17.8 Å². The quantitative estimate of drug-likeness (QED) is 0.555. The van der Waals surface area contributed by atoms with E-state index in [0.717, 1.165) is 5.56 Å². The van der Waals surface area contributed by atoms with Crippen LogP contribution in [-0.4, -0.2) is 34.4 Å². The summed E-state index contributed by atoms with van der Waals surface area (Å²) in [5, 5.41) is 10.3. The first-order chi connectivity index (χ1) is 12.4. The largest absolute Gasteiger partial charge is 0.503 e. The number of β-lactam (4-membered cyclic amide) rings is 1. The van der Waals surface area contributed by atoms with Crippen molar-refractivity contribution in [1.29, 1.82) is 0 Å². The van der Waals surface area contributed by atoms with E-state index in [0.29, 0.717) is 10.0 Å². The molecule has 0 spiro atoms. The number of methoxy groups -OCH3 is 1. The topological polar surface area (TPSA) is 78.9 Å². The average molecular weight is 440 g/mol. The SMILES string of the molecule is COc1cc([C@@H]2[C@@H](Cl)C(=O)N2NC(=O)Cc2ccccc2)cc(Br)c1O. The molecule has 2 aromatic carbocycles. The molecule has 1 aliphatic heterocycles. The van der Waals surface area contributed by atoms with E-state index in [1.165, 1.54) is 12.1 Å². The Labute approximate surface area is 163 Å². The van der Waals surface area contributed by atoms with Gasteiger partial charge < -0.3 is 9.84 Å². The lowest BCUT2D eigenvalue weighted by atomic mass is 9.95. The van der Waals surface area contributed by atoms with Gasteiger partial charge in [-0.2, -0.15) is 0 Å². The third-order valence-electron chi connectivity index (χ3n) is 4.09. The fourth-order valence-electron chi connectivity index (χ4n) is 2.77. The molecule has 1 saturated heterocycles. The van der Waals surface area contributed by atoms with Crippen molar-refractivity contribution in [3.05, 3.63) is 58.1 Å². The van der Waals surface area contributed by atoms with Gasteiger partial charge in [0.05, 0.1) is 18.0 Å². The van der Waals surface area contributed by atoms with Crippen molar-refractivity contribution >= 4 is 39.3 Å². The molecule has 0 saturated carbocycles. The lowest BCUT2D eigenvalue weighted by molar-refractivity contribution is -0.156. The smallest absolute Gasteiger partial charge is 0.262 e. The molecule has 3 rings (SSSR count). The minimum atomic E-state index is -0.812. The standard InChI is InChI=1S/C18H16BrClN2O4/c1-26-13-9-11(8-12(19)17(13)24)16-15(20)18(25)22(16)21-14(23)7-10-5-3-2-4-6-10/h2-6,8-9,15-16,24H,7H2,1H3,(H,21,23)/t15-,16-/m1/s1. The summed E-state index contributed by atoms with van der Waals surface area (Å²) in [4.78, 5) is 24.4. The van der Waals surface area contributed by atoms with E-state index < -0.39 is 11.4 Å². The minimum Gasteiger partial charge on any atom is -0.503 e. The van der Waals surface area contributed by atoms with Crippen molar-refractivity contribution in [3.8, 4) is 11.5 Å². The Bertz CT molecular complexity index is 847. The lowest BCUT2D eigenvalue weighted by Crippen LogP contribution is -2.63. The third-order valence-corrected chi connectivity index (χ3v) is 5.12. The summed E-state index contributed by atoms with van der Waals surface area (Å²) in [6.45, 7) is 0. The number of aromatic hydroxyl groups is 1. The number of amides is 2. The lowest BCUT2D eigenvalue weighted by Gasteiger charge is -2.44. The van der Waals surface area contributed by atoms with Gasteiger partial charge in [-0.25, -0.2) is 5.01 Å². The molecule has 8 heteroatoms. The van der Waals surface area contributed by atoms with Gasteiger partial charge in [0.25, 0.3) is 5.91 Å². The number of hydrogen-bond acceptors (Lipinski definition) is 4. The molecule has 0 unspecified atom stereocenters. The number of alkyl halides is 1. The van der Waals surface area contributed by atoms with Gasteiger partial charge in [0.2, 0.25) is 5.91 Å². The molecule has 1 fully saturated rings. The molecule has 136 valence electrons. The van der Waals surface area contributed by atoms with Gasteiger partial charge in [-0.1, -0.05) is 30.3 Å². The van der Waals surface area contributed by atoms with Crippen LogP contribution in [0.1, 0.15) is 17.2 Å². The van der Waals surface area contributed by atoms with Crippen molar-refractivity contribution in [2.75, 3.05) is 7.11 Å². The molecule has 1 heterocycles. The molecule has 0 aliphatic carbocycles. The number of nitrogens with zero attached hydrogens (tertiary/aromatic N) is 1. The van der Waals surface area contributed by atoms with E-state index in [-0.39, 0.29) is 29.7 Å². The van der Waals surface area contributed by atoms with Gasteiger partial charge >= 0.3 is 0 Å². The van der Waals surface area contributed by atoms with Crippen molar-refractivity contribution in [2.24, 2.45) is 0 Å². The number of phenolic OH excluding ortho intramolecular Hbond substituents is 1. The summed E-state index contributed by atoms with van der Waals surface area (Å²) >= 11 is 9.41. The average Bonchev–Trinajstić information content (AvgIpc) is 2.64. The summed E-state index contributed by atoms with van der Waals surface area (Å²) in [5.74, 6) is -0.509. The fraction of sp³-hybridized carbons (Fsp3) is 0.222. The number of carbonyl (C=O) groups is 2. The van der Waals surface area contributed by atoms with Crippen LogP contribution in [-0.2, 0) is 16.0 Å². The normalized spacial score (nSPS) is 19.0. The predicted molar refractivity (Wildman–Crippen MR) is 99.9 cm³/mol. The van der Waals surface area contributed by atoms with Crippen LogP contribution in [0.25, 0.3) is 0 Å². The van der Waals surface area contributed by atoms with Crippen molar-refractivity contribution in [1.82, 2.24) is 10.4 Å². The molecule has 2 N–H and O–H groups in total. The Morgan fingerprint density at radius 2 is 2.04 bits per heavy atom. The van der Waals surface area contributed by atoms with Gasteiger partial charge in [-0.15, -0.1) is 11.6 Å². The Morgan fingerprint density at radius 1 is 1.35 bits per heavy atom. The van der Waals surface area contributed by atoms with Crippen LogP contribution in [0, 0.1) is 0 Å². The Balaban J connectivity index is 1.78. The van der Waals surface area contributed by atoms with Crippen LogP contribution in [0.3, 0.4) is 0 Å². The molecule has 6 nitrogen and oxygen atoms in total. The highest BCUT2D eigenvalue weighted by atomic mass is 79.9. The molecule has 0 aromatic heterocycles. The highest BCUT2D eigenvalue weighted by molar-refractivity contribution is 9.10. The van der Waals surface area contributed by atoms with E-state index in [2.05, 4.69) is 21.4 Å². The number of rotatable bonds is 5. The molecule has 26 heavy (non-hydrogen) atoms. The number of benzene rings is 2. The van der Waals surface area contributed by atoms with Crippen molar-refractivity contribution in [3.63, 3.8) is 0 Å². The molecule has 1 aliphatic rings. The Kier molecular flexibility index (Phi) is 5.38. The molecule has 0 bridgehead atoms. The molecule has 2 amide bonds. The van der Waals surface area contributed by atoms with E-state index >= 15 is 0 Å². The zero-order valence-electron chi connectivity index (χ0n) is 13.8. The first-order valence-electron chi connectivity index (χ1n) is 7.79. The zero-order chi connectivity index (χ0) is 18.8. The van der Waals surface area contributed by atoms with E-state index in [1.807, 2.05) is 30.3 Å². The monoisotopic (exact) mass is 438 g/mol. The second kappa shape index (κ2) is 7.55. The van der Waals surface area contributed by atoms with Gasteiger partial charge in [-0.3, -0.25) is 15.0 Å². The summed E-state index contributed by atoms with van der Waals surface area (Å²) < 4.78 is 5.54. The summed E-state index contributed by atoms with van der Waals surface area (Å²) in [6, 6.07) is 11.9. The predicted octanol–water partition coefficient (Wildman–Crippen LogP) is 2.93.